The maximum absolute atomic E-state index is 11.3. The Labute approximate surface area is 72.8 Å². The van der Waals surface area contributed by atoms with E-state index in [1.165, 1.54) is 6.20 Å². The third-order valence-corrected chi connectivity index (χ3v) is 1.81. The minimum Gasteiger partial charge on any atom is -0.355 e. The molecule has 2 aromatic rings. The summed E-state index contributed by atoms with van der Waals surface area (Å²) in [6.07, 6.45) is 2.14. The van der Waals surface area contributed by atoms with E-state index in [1.807, 2.05) is 0 Å². The number of hydrogen-bond acceptors (Lipinski definition) is 3. The third kappa shape index (κ3) is 1.05. The Morgan fingerprint density at radius 1 is 1.54 bits per heavy atom. The van der Waals surface area contributed by atoms with Crippen LogP contribution < -0.4 is 5.56 Å². The molecule has 2 rings (SSSR count). The van der Waals surface area contributed by atoms with Gasteiger partial charge in [0.05, 0.1) is 5.56 Å². The summed E-state index contributed by atoms with van der Waals surface area (Å²) in [4.78, 5) is 31.1. The average molecular weight is 177 g/mol. The number of nitrogens with one attached hydrogen (secondary N) is 2. The first-order valence-corrected chi connectivity index (χ1v) is 3.75. The van der Waals surface area contributed by atoms with E-state index >= 15 is 0 Å². The van der Waals surface area contributed by atoms with Gasteiger partial charge in [0.1, 0.15) is 16.9 Å². The van der Waals surface area contributed by atoms with Crippen molar-refractivity contribution in [3.8, 4) is 0 Å². The smallest absolute Gasteiger partial charge is 0.275 e. The molecule has 0 aliphatic heterocycles. The minimum absolute atomic E-state index is 0.254. The molecule has 2 aromatic heterocycles. The summed E-state index contributed by atoms with van der Waals surface area (Å²) in [6, 6.07) is 0. The molecule has 0 aliphatic rings. The molecule has 5 nitrogen and oxygen atoms in total. The van der Waals surface area contributed by atoms with Crippen molar-refractivity contribution in [2.45, 2.75) is 6.92 Å². The van der Waals surface area contributed by atoms with E-state index in [4.69, 9.17) is 0 Å². The molecule has 0 aliphatic carbocycles. The molecule has 0 radical (unpaired) electrons. The molecule has 0 saturated heterocycles. The number of fused-ring (bicyclic) bond motifs is 1. The van der Waals surface area contributed by atoms with Crippen LogP contribution in [0.3, 0.4) is 0 Å². The lowest BCUT2D eigenvalue weighted by Gasteiger charge is -1.92. The normalized spacial score (nSPS) is 10.5. The lowest BCUT2D eigenvalue weighted by Crippen LogP contribution is -2.09. The second-order valence-corrected chi connectivity index (χ2v) is 2.74. The average Bonchev–Trinajstić information content (AvgIpc) is 2.47. The number of aldehydes is 1. The Balaban J connectivity index is 2.98. The van der Waals surface area contributed by atoms with Crippen LogP contribution in [0.2, 0.25) is 0 Å². The van der Waals surface area contributed by atoms with E-state index in [9.17, 15) is 9.59 Å². The van der Waals surface area contributed by atoms with Crippen molar-refractivity contribution in [3.63, 3.8) is 0 Å². The van der Waals surface area contributed by atoms with Crippen LogP contribution in [0.1, 0.15) is 16.2 Å². The summed E-state index contributed by atoms with van der Waals surface area (Å²) >= 11 is 0. The molecule has 0 aromatic carbocycles. The summed E-state index contributed by atoms with van der Waals surface area (Å²) in [7, 11) is 0. The van der Waals surface area contributed by atoms with Crippen LogP contribution in [-0.2, 0) is 0 Å². The van der Waals surface area contributed by atoms with Gasteiger partial charge in [-0.1, -0.05) is 0 Å². The monoisotopic (exact) mass is 177 g/mol. The Morgan fingerprint density at radius 3 is 3.00 bits per heavy atom. The first-order chi connectivity index (χ1) is 6.22. The van der Waals surface area contributed by atoms with Crippen LogP contribution in [-0.4, -0.2) is 21.2 Å². The summed E-state index contributed by atoms with van der Waals surface area (Å²) in [6.45, 7) is 1.67. The third-order valence-electron chi connectivity index (χ3n) is 1.81. The highest BCUT2D eigenvalue weighted by Gasteiger charge is 2.07. The van der Waals surface area contributed by atoms with Crippen LogP contribution in [0.15, 0.2) is 11.0 Å². The van der Waals surface area contributed by atoms with Crippen LogP contribution in [0.5, 0.6) is 0 Å². The van der Waals surface area contributed by atoms with Gasteiger partial charge in [0, 0.05) is 6.20 Å². The molecule has 2 N–H and O–H groups in total. The van der Waals surface area contributed by atoms with Crippen molar-refractivity contribution in [3.05, 3.63) is 27.9 Å². The SMILES string of the molecule is Cc1nc2c(C=O)c[nH]c2c(=O)[nH]1. The Hall–Kier alpha value is -1.91. The van der Waals surface area contributed by atoms with E-state index < -0.39 is 0 Å². The first kappa shape index (κ1) is 7.72. The molecular weight excluding hydrogens is 170 g/mol. The molecule has 66 valence electrons. The van der Waals surface area contributed by atoms with E-state index in [2.05, 4.69) is 15.0 Å². The predicted molar refractivity (Wildman–Crippen MR) is 46.8 cm³/mol. The fourth-order valence-corrected chi connectivity index (χ4v) is 1.24. The zero-order valence-corrected chi connectivity index (χ0v) is 6.92. The van der Waals surface area contributed by atoms with Crippen LogP contribution in [0.25, 0.3) is 11.0 Å². The van der Waals surface area contributed by atoms with E-state index in [0.29, 0.717) is 28.7 Å². The maximum atomic E-state index is 11.3. The number of nitrogens with zero attached hydrogens (tertiary/aromatic N) is 1. The van der Waals surface area contributed by atoms with Gasteiger partial charge < -0.3 is 9.97 Å². The van der Waals surface area contributed by atoms with Crippen LogP contribution in [0.4, 0.5) is 0 Å². The molecule has 0 atom stereocenters. The highest BCUT2D eigenvalue weighted by Crippen LogP contribution is 2.09. The van der Waals surface area contributed by atoms with Gasteiger partial charge in [0.15, 0.2) is 6.29 Å². The predicted octanol–water partition coefficient (Wildman–Crippen LogP) is 0.372. The van der Waals surface area contributed by atoms with Crippen molar-refractivity contribution >= 4 is 17.3 Å². The molecule has 0 fully saturated rings. The number of aromatic nitrogens is 3. The number of carbonyl (C=O) groups excluding carboxylic acids is 1. The van der Waals surface area contributed by atoms with Crippen LogP contribution >= 0.6 is 0 Å². The largest absolute Gasteiger partial charge is 0.355 e. The van der Waals surface area contributed by atoms with Gasteiger partial charge in [0.2, 0.25) is 0 Å². The van der Waals surface area contributed by atoms with Crippen molar-refractivity contribution < 1.29 is 4.79 Å². The van der Waals surface area contributed by atoms with Gasteiger partial charge in [-0.2, -0.15) is 0 Å². The van der Waals surface area contributed by atoms with E-state index in [-0.39, 0.29) is 5.56 Å². The maximum Gasteiger partial charge on any atom is 0.275 e. The first-order valence-electron chi connectivity index (χ1n) is 3.75. The zero-order valence-electron chi connectivity index (χ0n) is 6.92. The Bertz CT molecular complexity index is 524. The topological polar surface area (TPSA) is 78.6 Å². The highest BCUT2D eigenvalue weighted by molar-refractivity contribution is 5.94. The van der Waals surface area contributed by atoms with E-state index in [1.54, 1.807) is 6.92 Å². The molecule has 0 spiro atoms. The molecule has 13 heavy (non-hydrogen) atoms. The second kappa shape index (κ2) is 2.55. The molecule has 5 heteroatoms. The fraction of sp³-hybridized carbons (Fsp3) is 0.125. The van der Waals surface area contributed by atoms with Gasteiger partial charge in [-0.3, -0.25) is 9.59 Å². The lowest BCUT2D eigenvalue weighted by molar-refractivity contribution is 0.112. The molecule has 0 unspecified atom stereocenters. The fourth-order valence-electron chi connectivity index (χ4n) is 1.24. The zero-order chi connectivity index (χ0) is 9.42. The highest BCUT2D eigenvalue weighted by atomic mass is 16.1. The number of carbonyl (C=O) groups is 1. The van der Waals surface area contributed by atoms with Crippen molar-refractivity contribution in [2.75, 3.05) is 0 Å². The number of hydrogen-bond donors (Lipinski definition) is 2. The van der Waals surface area contributed by atoms with Crippen molar-refractivity contribution in [2.24, 2.45) is 0 Å². The number of H-pyrrole nitrogens is 2. The van der Waals surface area contributed by atoms with E-state index in [0.717, 1.165) is 0 Å². The van der Waals surface area contributed by atoms with Gasteiger partial charge in [-0.05, 0) is 6.92 Å². The Kier molecular flexibility index (Phi) is 1.51. The minimum atomic E-state index is -0.254. The van der Waals surface area contributed by atoms with Crippen LogP contribution in [0, 0.1) is 6.92 Å². The molecular formula is C8H7N3O2. The standard InChI is InChI=1S/C8H7N3O2/c1-4-10-6-5(3-12)2-9-7(6)8(13)11-4/h2-3,9H,1H3,(H,10,11,13). The summed E-state index contributed by atoms with van der Waals surface area (Å²) in [5, 5.41) is 0. The van der Waals surface area contributed by atoms with Gasteiger partial charge in [-0.25, -0.2) is 4.98 Å². The molecule has 2 heterocycles. The molecule has 0 saturated carbocycles. The van der Waals surface area contributed by atoms with Gasteiger partial charge >= 0.3 is 0 Å². The number of aryl methyl sites for hydroxylation is 1. The molecule has 0 amide bonds. The summed E-state index contributed by atoms with van der Waals surface area (Å²) in [5.41, 5.74) is 0.920. The molecule has 0 bridgehead atoms. The lowest BCUT2D eigenvalue weighted by atomic mass is 10.3. The van der Waals surface area contributed by atoms with Crippen molar-refractivity contribution in [1.82, 2.24) is 15.0 Å². The van der Waals surface area contributed by atoms with Gasteiger partial charge in [-0.15, -0.1) is 0 Å². The second-order valence-electron chi connectivity index (χ2n) is 2.74. The summed E-state index contributed by atoms with van der Waals surface area (Å²) < 4.78 is 0. The quantitative estimate of drug-likeness (QED) is 0.618. The van der Waals surface area contributed by atoms with Crippen molar-refractivity contribution in [1.29, 1.82) is 0 Å². The summed E-state index contributed by atoms with van der Waals surface area (Å²) in [5.74, 6) is 0.500. The number of aromatic amines is 2. The number of rotatable bonds is 1. The Morgan fingerprint density at radius 2 is 2.31 bits per heavy atom. The van der Waals surface area contributed by atoms with Gasteiger partial charge in [0.25, 0.3) is 5.56 Å².